The van der Waals surface area contributed by atoms with Crippen molar-refractivity contribution in [1.82, 2.24) is 0 Å². The largest absolute Gasteiger partial charge is 0.496 e. The van der Waals surface area contributed by atoms with Crippen LogP contribution in [0.15, 0.2) is 24.3 Å². The third-order valence-electron chi connectivity index (χ3n) is 9.41. The first-order valence-electron chi connectivity index (χ1n) is 16.2. The average molecular weight is 719 g/mol. The zero-order valence-electron chi connectivity index (χ0n) is 30.0. The van der Waals surface area contributed by atoms with Gasteiger partial charge in [-0.15, -0.1) is 0 Å². The first-order chi connectivity index (χ1) is 25.1. The Hall–Kier alpha value is -5.92. The lowest BCUT2D eigenvalue weighted by molar-refractivity contribution is -0.144. The quantitative estimate of drug-likeness (QED) is 0.151. The van der Waals surface area contributed by atoms with E-state index in [4.69, 9.17) is 47.4 Å². The molecule has 0 N–H and O–H groups in total. The lowest BCUT2D eigenvalue weighted by atomic mass is 9.85. The van der Waals surface area contributed by atoms with Crippen LogP contribution < -0.4 is 28.4 Å². The molecular weight excluding hydrogens is 680 g/mol. The molecule has 2 heterocycles. The van der Waals surface area contributed by atoms with E-state index in [2.05, 4.69) is 0 Å². The first-order valence-corrected chi connectivity index (χ1v) is 16.2. The highest BCUT2D eigenvalue weighted by Gasteiger charge is 2.37. The number of ether oxygens (including phenoxy) is 10. The molecule has 0 radical (unpaired) electrons. The van der Waals surface area contributed by atoms with Crippen molar-refractivity contribution < 1.29 is 66.5 Å². The van der Waals surface area contributed by atoms with Crippen LogP contribution in [0.25, 0.3) is 32.7 Å². The molecule has 52 heavy (non-hydrogen) atoms. The maximum Gasteiger partial charge on any atom is 0.342 e. The van der Waals surface area contributed by atoms with Gasteiger partial charge in [-0.25, -0.2) is 9.59 Å². The lowest BCUT2D eigenvalue weighted by Gasteiger charge is -2.29. The van der Waals surface area contributed by atoms with E-state index in [0.29, 0.717) is 66.8 Å². The Morgan fingerprint density at radius 2 is 0.904 bits per heavy atom. The van der Waals surface area contributed by atoms with Gasteiger partial charge in [0.05, 0.1) is 80.5 Å². The molecule has 4 aromatic carbocycles. The predicted molar refractivity (Wildman–Crippen MR) is 185 cm³/mol. The summed E-state index contributed by atoms with van der Waals surface area (Å²) >= 11 is 0. The van der Waals surface area contributed by atoms with Crippen molar-refractivity contribution in [2.24, 2.45) is 0 Å². The molecule has 2 unspecified atom stereocenters. The summed E-state index contributed by atoms with van der Waals surface area (Å²) in [6.07, 6.45) is -1.47. The van der Waals surface area contributed by atoms with Gasteiger partial charge in [0.2, 0.25) is 0 Å². The molecule has 0 saturated heterocycles. The van der Waals surface area contributed by atoms with E-state index < -0.39 is 36.1 Å². The van der Waals surface area contributed by atoms with Gasteiger partial charge in [0, 0.05) is 46.9 Å². The number of hydrogen-bond donors (Lipinski definition) is 0. The number of carbonyl (C=O) groups is 4. The molecule has 6 rings (SSSR count). The molecule has 0 aliphatic carbocycles. The molecule has 14 heteroatoms. The van der Waals surface area contributed by atoms with Gasteiger partial charge in [-0.1, -0.05) is 0 Å². The first kappa shape index (κ1) is 35.9. The summed E-state index contributed by atoms with van der Waals surface area (Å²) in [5.41, 5.74) is 2.57. The molecule has 0 spiro atoms. The summed E-state index contributed by atoms with van der Waals surface area (Å²) in [6, 6.07) is 7.01. The fourth-order valence-electron chi connectivity index (χ4n) is 7.20. The standard InChI is InChI=1S/C38H38O14/c1-43-23-15-25(45-3)33-21(11-17-9-19(13-27(39)47-5)51-37(41)29(17)35(33)49-7)31(23)32-22-12-18-10-20(14-28(40)48-6)52-38(42)30(18)36(50-8)34(22)26(46-4)16-24(32)44-2/h11-12,15-16,19-20H,9-10,13-14H2,1-8H3. The number of methoxy groups -OCH3 is 8. The van der Waals surface area contributed by atoms with Crippen molar-refractivity contribution in [2.75, 3.05) is 56.9 Å². The molecule has 4 aromatic rings. The second kappa shape index (κ2) is 14.4. The normalized spacial score (nSPS) is 16.2. The zero-order valence-corrected chi connectivity index (χ0v) is 30.0. The van der Waals surface area contributed by atoms with Gasteiger partial charge in [-0.2, -0.15) is 0 Å². The van der Waals surface area contributed by atoms with Crippen LogP contribution in [0.1, 0.15) is 44.7 Å². The van der Waals surface area contributed by atoms with Gasteiger partial charge in [0.25, 0.3) is 0 Å². The van der Waals surface area contributed by atoms with Crippen molar-refractivity contribution in [1.29, 1.82) is 0 Å². The Bertz CT molecular complexity index is 1980. The number of carbonyl (C=O) groups excluding carboxylic acids is 4. The predicted octanol–water partition coefficient (Wildman–Crippen LogP) is 5.00. The van der Waals surface area contributed by atoms with Crippen LogP contribution in [0.3, 0.4) is 0 Å². The monoisotopic (exact) mass is 718 g/mol. The van der Waals surface area contributed by atoms with Crippen molar-refractivity contribution in [3.05, 3.63) is 46.5 Å². The maximum atomic E-state index is 13.5. The van der Waals surface area contributed by atoms with Crippen molar-refractivity contribution >= 4 is 45.4 Å². The molecule has 0 amide bonds. The van der Waals surface area contributed by atoms with E-state index in [-0.39, 0.29) is 48.3 Å². The van der Waals surface area contributed by atoms with E-state index >= 15 is 0 Å². The van der Waals surface area contributed by atoms with Crippen LogP contribution in [0.5, 0.6) is 34.5 Å². The molecule has 0 saturated carbocycles. The molecule has 2 atom stereocenters. The second-order valence-electron chi connectivity index (χ2n) is 12.1. The summed E-state index contributed by atoms with van der Waals surface area (Å²) in [5, 5.41) is 2.01. The van der Waals surface area contributed by atoms with Crippen LogP contribution in [0.2, 0.25) is 0 Å². The molecular formula is C38H38O14. The number of benzene rings is 4. The lowest BCUT2D eigenvalue weighted by Crippen LogP contribution is -2.30. The highest BCUT2D eigenvalue weighted by Crippen LogP contribution is 2.55. The number of rotatable bonds is 11. The van der Waals surface area contributed by atoms with Gasteiger partial charge in [0.1, 0.15) is 57.8 Å². The SMILES string of the molecule is COC(=O)CC1Cc2cc3c(-c4c(OC)cc(OC)c5c(OC)c6c(cc45)CC(CC(=O)OC)OC6=O)c(OC)cc(OC)c3c(OC)c2C(=O)O1. The van der Waals surface area contributed by atoms with Crippen LogP contribution in [-0.2, 0) is 41.4 Å². The highest BCUT2D eigenvalue weighted by molar-refractivity contribution is 6.18. The molecule has 14 nitrogen and oxygen atoms in total. The third kappa shape index (κ3) is 5.87. The second-order valence-corrected chi connectivity index (χ2v) is 12.1. The summed E-state index contributed by atoms with van der Waals surface area (Å²) in [5.74, 6) is -0.522. The fraction of sp³-hybridized carbons (Fsp3) is 0.368. The minimum atomic E-state index is -0.782. The van der Waals surface area contributed by atoms with Crippen molar-refractivity contribution in [3.8, 4) is 45.6 Å². The van der Waals surface area contributed by atoms with E-state index in [9.17, 15) is 19.2 Å². The van der Waals surface area contributed by atoms with E-state index in [1.807, 2.05) is 12.1 Å². The van der Waals surface area contributed by atoms with Crippen LogP contribution in [-0.4, -0.2) is 93.0 Å². The Kier molecular flexibility index (Phi) is 9.92. The summed E-state index contributed by atoms with van der Waals surface area (Å²) in [6.45, 7) is 0. The Morgan fingerprint density at radius 1 is 0.538 bits per heavy atom. The maximum absolute atomic E-state index is 13.5. The molecule has 2 aliphatic rings. The van der Waals surface area contributed by atoms with Crippen LogP contribution in [0, 0.1) is 0 Å². The molecule has 0 aromatic heterocycles. The number of fused-ring (bicyclic) bond motifs is 4. The Labute approximate surface area is 298 Å². The topological polar surface area (TPSA) is 161 Å². The highest BCUT2D eigenvalue weighted by atomic mass is 16.6. The summed E-state index contributed by atoms with van der Waals surface area (Å²) in [7, 11) is 11.4. The number of hydrogen-bond acceptors (Lipinski definition) is 14. The van der Waals surface area contributed by atoms with Gasteiger partial charge in [0.15, 0.2) is 0 Å². The third-order valence-corrected chi connectivity index (χ3v) is 9.41. The minimum absolute atomic E-state index is 0.141. The molecule has 0 bridgehead atoms. The summed E-state index contributed by atoms with van der Waals surface area (Å²) in [4.78, 5) is 51.4. The van der Waals surface area contributed by atoms with Gasteiger partial charge in [-0.3, -0.25) is 9.59 Å². The number of esters is 4. The zero-order chi connectivity index (χ0) is 37.4. The number of cyclic esters (lactones) is 2. The Balaban J connectivity index is 1.75. The van der Waals surface area contributed by atoms with Crippen molar-refractivity contribution in [3.63, 3.8) is 0 Å². The van der Waals surface area contributed by atoms with Crippen LogP contribution >= 0.6 is 0 Å². The molecule has 0 fully saturated rings. The van der Waals surface area contributed by atoms with Gasteiger partial charge >= 0.3 is 23.9 Å². The van der Waals surface area contributed by atoms with Crippen LogP contribution in [0.4, 0.5) is 0 Å². The smallest absolute Gasteiger partial charge is 0.342 e. The molecule has 274 valence electrons. The minimum Gasteiger partial charge on any atom is -0.496 e. The molecule has 2 aliphatic heterocycles. The van der Waals surface area contributed by atoms with Crippen molar-refractivity contribution in [2.45, 2.75) is 37.9 Å². The average Bonchev–Trinajstić information content (AvgIpc) is 3.14. The van der Waals surface area contributed by atoms with E-state index in [0.717, 1.165) is 0 Å². The van der Waals surface area contributed by atoms with Gasteiger partial charge < -0.3 is 47.4 Å². The van der Waals surface area contributed by atoms with Gasteiger partial charge in [-0.05, 0) is 23.3 Å². The summed E-state index contributed by atoms with van der Waals surface area (Å²) < 4.78 is 56.6. The Morgan fingerprint density at radius 3 is 1.21 bits per heavy atom. The fourth-order valence-corrected chi connectivity index (χ4v) is 7.20. The van der Waals surface area contributed by atoms with E-state index in [1.165, 1.54) is 56.9 Å². The van der Waals surface area contributed by atoms with E-state index in [1.54, 1.807) is 12.1 Å².